The number of aryl methyl sites for hydroxylation is 1. The minimum absolute atomic E-state index is 0.248. The summed E-state index contributed by atoms with van der Waals surface area (Å²) in [5.41, 5.74) is 1.03. The first-order valence-corrected chi connectivity index (χ1v) is 7.10. The van der Waals surface area contributed by atoms with E-state index in [0.717, 1.165) is 31.2 Å². The third-order valence-electron chi connectivity index (χ3n) is 3.36. The van der Waals surface area contributed by atoms with Crippen molar-refractivity contribution in [3.8, 4) is 0 Å². The summed E-state index contributed by atoms with van der Waals surface area (Å²) in [6.45, 7) is 6.55. The number of hydrogen-bond donors (Lipinski definition) is 1. The fraction of sp³-hybridized carbons (Fsp3) is 0.786. The Hall–Kier alpha value is -1.07. The molecule has 108 valence electrons. The number of nitrogens with one attached hydrogen (secondary N) is 1. The number of methoxy groups -OCH3 is 1. The molecule has 0 saturated carbocycles. The minimum Gasteiger partial charge on any atom is -0.383 e. The van der Waals surface area contributed by atoms with Crippen molar-refractivity contribution in [2.24, 2.45) is 0 Å². The van der Waals surface area contributed by atoms with Crippen LogP contribution in [0.5, 0.6) is 0 Å². The lowest BCUT2D eigenvalue weighted by Crippen LogP contribution is -2.27. The Kier molecular flexibility index (Phi) is 5.22. The van der Waals surface area contributed by atoms with Gasteiger partial charge in [-0.3, -0.25) is 0 Å². The van der Waals surface area contributed by atoms with E-state index in [0.29, 0.717) is 12.7 Å². The van der Waals surface area contributed by atoms with E-state index in [1.165, 1.54) is 12.8 Å². The summed E-state index contributed by atoms with van der Waals surface area (Å²) < 4.78 is 13.1. The molecule has 1 aliphatic rings. The second-order valence-electron chi connectivity index (χ2n) is 5.35. The summed E-state index contributed by atoms with van der Waals surface area (Å²) in [4.78, 5) is 4.54. The van der Waals surface area contributed by atoms with Crippen LogP contribution in [0.2, 0.25) is 0 Å². The Morgan fingerprint density at radius 1 is 1.58 bits per heavy atom. The molecule has 2 heterocycles. The van der Waals surface area contributed by atoms with Crippen LogP contribution in [-0.4, -0.2) is 42.0 Å². The molecule has 1 saturated heterocycles. The molecule has 0 amide bonds. The van der Waals surface area contributed by atoms with Crippen LogP contribution in [0.3, 0.4) is 0 Å². The SMILES string of the molecule is COCC(C)Nc1nc(C)cn1CC1CCCCO1. The number of aromatic nitrogens is 2. The molecule has 19 heavy (non-hydrogen) atoms. The monoisotopic (exact) mass is 267 g/mol. The van der Waals surface area contributed by atoms with E-state index in [9.17, 15) is 0 Å². The second-order valence-corrected chi connectivity index (χ2v) is 5.35. The molecular formula is C14H25N3O2. The Bertz CT molecular complexity index is 386. The highest BCUT2D eigenvalue weighted by molar-refractivity contribution is 5.30. The maximum Gasteiger partial charge on any atom is 0.203 e. The van der Waals surface area contributed by atoms with Crippen molar-refractivity contribution in [1.29, 1.82) is 0 Å². The van der Waals surface area contributed by atoms with Crippen LogP contribution in [-0.2, 0) is 16.0 Å². The first-order chi connectivity index (χ1) is 9.19. The normalized spacial score (nSPS) is 21.3. The lowest BCUT2D eigenvalue weighted by Gasteiger charge is -2.24. The summed E-state index contributed by atoms with van der Waals surface area (Å²) in [7, 11) is 1.71. The van der Waals surface area contributed by atoms with E-state index in [-0.39, 0.29) is 6.04 Å². The molecular weight excluding hydrogens is 242 g/mol. The predicted octanol–water partition coefficient (Wildman–Crippen LogP) is 2.21. The highest BCUT2D eigenvalue weighted by atomic mass is 16.5. The summed E-state index contributed by atoms with van der Waals surface area (Å²) in [5, 5.41) is 3.39. The van der Waals surface area contributed by atoms with Crippen LogP contribution >= 0.6 is 0 Å². The topological polar surface area (TPSA) is 48.3 Å². The van der Waals surface area contributed by atoms with Crippen molar-refractivity contribution in [1.82, 2.24) is 9.55 Å². The molecule has 1 aromatic rings. The van der Waals surface area contributed by atoms with Gasteiger partial charge in [0.15, 0.2) is 0 Å². The molecule has 1 fully saturated rings. The van der Waals surface area contributed by atoms with Gasteiger partial charge in [-0.2, -0.15) is 0 Å². The fourth-order valence-corrected chi connectivity index (χ4v) is 2.48. The predicted molar refractivity (Wildman–Crippen MR) is 75.5 cm³/mol. The van der Waals surface area contributed by atoms with Gasteiger partial charge in [0.25, 0.3) is 0 Å². The van der Waals surface area contributed by atoms with Crippen LogP contribution in [0.25, 0.3) is 0 Å². The maximum atomic E-state index is 5.80. The maximum absolute atomic E-state index is 5.80. The van der Waals surface area contributed by atoms with Crippen molar-refractivity contribution < 1.29 is 9.47 Å². The van der Waals surface area contributed by atoms with Crippen molar-refractivity contribution in [2.75, 3.05) is 25.6 Å². The van der Waals surface area contributed by atoms with Gasteiger partial charge < -0.3 is 19.4 Å². The van der Waals surface area contributed by atoms with Crippen molar-refractivity contribution >= 4 is 5.95 Å². The zero-order chi connectivity index (χ0) is 13.7. The van der Waals surface area contributed by atoms with E-state index in [1.54, 1.807) is 7.11 Å². The molecule has 5 heteroatoms. The zero-order valence-electron chi connectivity index (χ0n) is 12.2. The van der Waals surface area contributed by atoms with Crippen LogP contribution in [0.1, 0.15) is 31.9 Å². The molecule has 0 aromatic carbocycles. The van der Waals surface area contributed by atoms with E-state index in [4.69, 9.17) is 9.47 Å². The highest BCUT2D eigenvalue weighted by Gasteiger charge is 2.17. The van der Waals surface area contributed by atoms with E-state index in [2.05, 4.69) is 28.0 Å². The molecule has 1 aromatic heterocycles. The number of anilines is 1. The molecule has 1 N–H and O–H groups in total. The van der Waals surface area contributed by atoms with Crippen LogP contribution in [0.4, 0.5) is 5.95 Å². The summed E-state index contributed by atoms with van der Waals surface area (Å²) in [6.07, 6.45) is 6.00. The van der Waals surface area contributed by atoms with E-state index >= 15 is 0 Å². The number of ether oxygens (including phenoxy) is 2. The number of nitrogens with zero attached hydrogens (tertiary/aromatic N) is 2. The van der Waals surface area contributed by atoms with E-state index < -0.39 is 0 Å². The lowest BCUT2D eigenvalue weighted by molar-refractivity contribution is 0.00626. The average Bonchev–Trinajstić information content (AvgIpc) is 2.71. The second kappa shape index (κ2) is 6.91. The van der Waals surface area contributed by atoms with Crippen molar-refractivity contribution in [2.45, 2.75) is 51.8 Å². The third-order valence-corrected chi connectivity index (χ3v) is 3.36. The van der Waals surface area contributed by atoms with Gasteiger partial charge >= 0.3 is 0 Å². The summed E-state index contributed by atoms with van der Waals surface area (Å²) in [6, 6.07) is 0.248. The van der Waals surface area contributed by atoms with Gasteiger partial charge in [-0.05, 0) is 33.1 Å². The molecule has 0 aliphatic carbocycles. The lowest BCUT2D eigenvalue weighted by atomic mass is 10.1. The third kappa shape index (κ3) is 4.21. The largest absolute Gasteiger partial charge is 0.383 e. The average molecular weight is 267 g/mol. The van der Waals surface area contributed by atoms with Gasteiger partial charge in [0, 0.05) is 26.0 Å². The molecule has 2 rings (SSSR count). The van der Waals surface area contributed by atoms with Crippen LogP contribution in [0, 0.1) is 6.92 Å². The Morgan fingerprint density at radius 3 is 3.11 bits per heavy atom. The molecule has 2 atom stereocenters. The van der Waals surface area contributed by atoms with Gasteiger partial charge in [0.05, 0.1) is 24.9 Å². The van der Waals surface area contributed by atoms with Gasteiger partial charge in [0.1, 0.15) is 0 Å². The number of imidazole rings is 1. The van der Waals surface area contributed by atoms with E-state index in [1.807, 2.05) is 6.92 Å². The zero-order valence-corrected chi connectivity index (χ0v) is 12.2. The smallest absolute Gasteiger partial charge is 0.203 e. The number of rotatable bonds is 6. The Labute approximate surface area is 115 Å². The highest BCUT2D eigenvalue weighted by Crippen LogP contribution is 2.18. The summed E-state index contributed by atoms with van der Waals surface area (Å²) in [5.74, 6) is 0.913. The van der Waals surface area contributed by atoms with Gasteiger partial charge in [-0.1, -0.05) is 0 Å². The molecule has 0 radical (unpaired) electrons. The fourth-order valence-electron chi connectivity index (χ4n) is 2.48. The van der Waals surface area contributed by atoms with Crippen LogP contribution in [0.15, 0.2) is 6.20 Å². The standard InChI is InChI=1S/C14H25N3O2/c1-11-8-17(9-13-6-4-5-7-19-13)14(15-11)16-12(2)10-18-3/h8,12-13H,4-7,9-10H2,1-3H3,(H,15,16). The minimum atomic E-state index is 0.248. The summed E-state index contributed by atoms with van der Waals surface area (Å²) >= 11 is 0. The van der Waals surface area contributed by atoms with Crippen LogP contribution < -0.4 is 5.32 Å². The van der Waals surface area contributed by atoms with Crippen molar-refractivity contribution in [3.63, 3.8) is 0 Å². The Morgan fingerprint density at radius 2 is 2.42 bits per heavy atom. The first kappa shape index (κ1) is 14.3. The Balaban J connectivity index is 1.98. The molecule has 0 bridgehead atoms. The van der Waals surface area contributed by atoms with Gasteiger partial charge in [-0.25, -0.2) is 4.98 Å². The molecule has 2 unspecified atom stereocenters. The molecule has 1 aliphatic heterocycles. The number of hydrogen-bond acceptors (Lipinski definition) is 4. The molecule has 5 nitrogen and oxygen atoms in total. The van der Waals surface area contributed by atoms with Gasteiger partial charge in [-0.15, -0.1) is 0 Å². The van der Waals surface area contributed by atoms with Gasteiger partial charge in [0.2, 0.25) is 5.95 Å². The first-order valence-electron chi connectivity index (χ1n) is 7.10. The van der Waals surface area contributed by atoms with Crippen molar-refractivity contribution in [3.05, 3.63) is 11.9 Å². The molecule has 0 spiro atoms. The quantitative estimate of drug-likeness (QED) is 0.858.